The van der Waals surface area contributed by atoms with Crippen molar-refractivity contribution >= 4 is 27.3 Å². The number of thiazole rings is 1. The number of hydrogen-bond acceptors (Lipinski definition) is 3. The Morgan fingerprint density at radius 3 is 2.45 bits per heavy atom. The van der Waals surface area contributed by atoms with Gasteiger partial charge in [0.2, 0.25) is 0 Å². The fraction of sp³-hybridized carbons (Fsp3) is 0.438. The number of hydrogen-bond donors (Lipinski definition) is 1. The number of nitrogens with one attached hydrogen (secondary N) is 1. The van der Waals surface area contributed by atoms with E-state index in [1.165, 1.54) is 15.4 Å². The van der Waals surface area contributed by atoms with E-state index in [1.807, 2.05) is 11.3 Å². The zero-order valence-electron chi connectivity index (χ0n) is 12.5. The molecule has 0 aliphatic rings. The van der Waals surface area contributed by atoms with Gasteiger partial charge in [-0.05, 0) is 45.4 Å². The predicted molar refractivity (Wildman–Crippen MR) is 90.4 cm³/mol. The van der Waals surface area contributed by atoms with Gasteiger partial charge >= 0.3 is 0 Å². The van der Waals surface area contributed by atoms with Crippen molar-refractivity contribution in [1.82, 2.24) is 10.3 Å². The number of halogens is 1. The molecular weight excluding hydrogens is 332 g/mol. The molecule has 0 aliphatic carbocycles. The van der Waals surface area contributed by atoms with E-state index in [1.54, 1.807) is 0 Å². The summed E-state index contributed by atoms with van der Waals surface area (Å²) in [5.74, 6) is 0. The van der Waals surface area contributed by atoms with Crippen molar-refractivity contribution in [3.63, 3.8) is 0 Å². The zero-order chi connectivity index (χ0) is 14.8. The molecule has 0 atom stereocenters. The molecule has 1 N–H and O–H groups in total. The van der Waals surface area contributed by atoms with E-state index in [-0.39, 0.29) is 5.54 Å². The van der Waals surface area contributed by atoms with Crippen LogP contribution in [-0.4, -0.2) is 10.5 Å². The first-order chi connectivity index (χ1) is 9.33. The number of benzene rings is 1. The summed E-state index contributed by atoms with van der Waals surface area (Å²) in [7, 11) is 0. The smallest absolute Gasteiger partial charge is 0.0975 e. The molecule has 0 spiro atoms. The maximum absolute atomic E-state index is 4.70. The molecule has 0 radical (unpaired) electrons. The van der Waals surface area contributed by atoms with Crippen molar-refractivity contribution in [2.75, 3.05) is 0 Å². The van der Waals surface area contributed by atoms with Crippen LogP contribution < -0.4 is 5.32 Å². The molecule has 20 heavy (non-hydrogen) atoms. The highest BCUT2D eigenvalue weighted by molar-refractivity contribution is 9.10. The van der Waals surface area contributed by atoms with Crippen LogP contribution in [0, 0.1) is 6.92 Å². The van der Waals surface area contributed by atoms with Crippen LogP contribution in [0.25, 0.3) is 0 Å². The van der Waals surface area contributed by atoms with Crippen molar-refractivity contribution in [1.29, 1.82) is 0 Å². The highest BCUT2D eigenvalue weighted by Crippen LogP contribution is 2.22. The van der Waals surface area contributed by atoms with Gasteiger partial charge in [0.05, 0.1) is 10.7 Å². The minimum atomic E-state index is 0.141. The van der Waals surface area contributed by atoms with Crippen LogP contribution in [-0.2, 0) is 13.0 Å². The molecule has 0 aliphatic heterocycles. The first-order valence-electron chi connectivity index (χ1n) is 6.78. The summed E-state index contributed by atoms with van der Waals surface area (Å²) in [6.45, 7) is 9.55. The molecule has 0 amide bonds. The highest BCUT2D eigenvalue weighted by Gasteiger charge is 2.12. The Morgan fingerprint density at radius 1 is 1.20 bits per heavy atom. The van der Waals surface area contributed by atoms with Crippen LogP contribution in [0.4, 0.5) is 0 Å². The molecule has 108 valence electrons. The third kappa shape index (κ3) is 4.69. The fourth-order valence-electron chi connectivity index (χ4n) is 1.85. The topological polar surface area (TPSA) is 24.9 Å². The van der Waals surface area contributed by atoms with Crippen molar-refractivity contribution < 1.29 is 0 Å². The first kappa shape index (κ1) is 15.7. The average Bonchev–Trinajstić information content (AvgIpc) is 2.69. The maximum Gasteiger partial charge on any atom is 0.0975 e. The van der Waals surface area contributed by atoms with Gasteiger partial charge in [-0.2, -0.15) is 0 Å². The molecule has 0 fully saturated rings. The van der Waals surface area contributed by atoms with E-state index < -0.39 is 0 Å². The van der Waals surface area contributed by atoms with E-state index in [9.17, 15) is 0 Å². The Balaban J connectivity index is 2.05. The van der Waals surface area contributed by atoms with Gasteiger partial charge in [0.25, 0.3) is 0 Å². The van der Waals surface area contributed by atoms with Crippen molar-refractivity contribution in [2.45, 2.75) is 46.2 Å². The van der Waals surface area contributed by atoms with E-state index in [0.29, 0.717) is 0 Å². The quantitative estimate of drug-likeness (QED) is 0.862. The summed E-state index contributed by atoms with van der Waals surface area (Å²) >= 11 is 5.28. The van der Waals surface area contributed by atoms with Gasteiger partial charge in [-0.25, -0.2) is 4.98 Å². The lowest BCUT2D eigenvalue weighted by Crippen LogP contribution is -2.34. The van der Waals surface area contributed by atoms with Crippen LogP contribution in [0.1, 0.15) is 41.9 Å². The van der Waals surface area contributed by atoms with Gasteiger partial charge in [0, 0.05) is 27.9 Å². The standard InChI is InChI=1S/C16H21BrN2S/c1-11-14(10-18-16(2,3)4)20-15(19-11)9-12-5-7-13(17)8-6-12/h5-8,18H,9-10H2,1-4H3. The normalized spacial score (nSPS) is 11.8. The Bertz CT molecular complexity index is 567. The summed E-state index contributed by atoms with van der Waals surface area (Å²) in [5.41, 5.74) is 2.60. The third-order valence-corrected chi connectivity index (χ3v) is 4.67. The van der Waals surface area contributed by atoms with Gasteiger partial charge in [-0.3, -0.25) is 0 Å². The molecule has 1 heterocycles. The van der Waals surface area contributed by atoms with Crippen LogP contribution in [0.2, 0.25) is 0 Å². The fourth-order valence-corrected chi connectivity index (χ4v) is 3.16. The molecule has 0 saturated carbocycles. The second-order valence-corrected chi connectivity index (χ2v) is 8.11. The lowest BCUT2D eigenvalue weighted by molar-refractivity contribution is 0.425. The molecule has 4 heteroatoms. The molecule has 1 aromatic heterocycles. The minimum Gasteiger partial charge on any atom is -0.307 e. The molecule has 2 nitrogen and oxygen atoms in total. The Labute approximate surface area is 133 Å². The number of nitrogens with zero attached hydrogens (tertiary/aromatic N) is 1. The van der Waals surface area contributed by atoms with Gasteiger partial charge in [-0.1, -0.05) is 28.1 Å². The molecule has 1 aromatic carbocycles. The van der Waals surface area contributed by atoms with Gasteiger partial charge in [0.1, 0.15) is 0 Å². The summed E-state index contributed by atoms with van der Waals surface area (Å²) in [4.78, 5) is 6.04. The first-order valence-corrected chi connectivity index (χ1v) is 8.39. The second-order valence-electron chi connectivity index (χ2n) is 6.02. The lowest BCUT2D eigenvalue weighted by atomic mass is 10.1. The maximum atomic E-state index is 4.70. The zero-order valence-corrected chi connectivity index (χ0v) is 14.9. The predicted octanol–water partition coefficient (Wildman–Crippen LogP) is 4.69. The Kier molecular flexibility index (Phi) is 4.99. The Hall–Kier alpha value is -0.710. The molecule has 2 rings (SSSR count). The van der Waals surface area contributed by atoms with E-state index >= 15 is 0 Å². The van der Waals surface area contributed by atoms with E-state index in [2.05, 4.69) is 73.2 Å². The van der Waals surface area contributed by atoms with Crippen molar-refractivity contribution in [2.24, 2.45) is 0 Å². The SMILES string of the molecule is Cc1nc(Cc2ccc(Br)cc2)sc1CNC(C)(C)C. The lowest BCUT2D eigenvalue weighted by Gasteiger charge is -2.19. The molecule has 0 unspecified atom stereocenters. The monoisotopic (exact) mass is 352 g/mol. The van der Waals surface area contributed by atoms with Gasteiger partial charge in [0.15, 0.2) is 0 Å². The Morgan fingerprint density at radius 2 is 1.85 bits per heavy atom. The van der Waals surface area contributed by atoms with Gasteiger partial charge < -0.3 is 5.32 Å². The summed E-state index contributed by atoms with van der Waals surface area (Å²) < 4.78 is 1.12. The van der Waals surface area contributed by atoms with Crippen molar-refractivity contribution in [3.8, 4) is 0 Å². The summed E-state index contributed by atoms with van der Waals surface area (Å²) in [6.07, 6.45) is 0.911. The van der Waals surface area contributed by atoms with Gasteiger partial charge in [-0.15, -0.1) is 11.3 Å². The second kappa shape index (κ2) is 6.37. The van der Waals surface area contributed by atoms with Crippen LogP contribution in [0.5, 0.6) is 0 Å². The molecule has 2 aromatic rings. The van der Waals surface area contributed by atoms with Crippen molar-refractivity contribution in [3.05, 3.63) is 49.9 Å². The van der Waals surface area contributed by atoms with Crippen LogP contribution >= 0.6 is 27.3 Å². The molecule has 0 bridgehead atoms. The average molecular weight is 353 g/mol. The van der Waals surface area contributed by atoms with Crippen LogP contribution in [0.3, 0.4) is 0 Å². The summed E-state index contributed by atoms with van der Waals surface area (Å²) in [5, 5.41) is 4.72. The van der Waals surface area contributed by atoms with E-state index in [4.69, 9.17) is 4.98 Å². The highest BCUT2D eigenvalue weighted by atomic mass is 79.9. The number of aromatic nitrogens is 1. The molecular formula is C16H21BrN2S. The summed E-state index contributed by atoms with van der Waals surface area (Å²) in [6, 6.07) is 8.46. The largest absolute Gasteiger partial charge is 0.307 e. The van der Waals surface area contributed by atoms with Crippen LogP contribution in [0.15, 0.2) is 28.7 Å². The molecule has 0 saturated heterocycles. The minimum absolute atomic E-state index is 0.141. The number of rotatable bonds is 4. The third-order valence-electron chi connectivity index (χ3n) is 2.98. The van der Waals surface area contributed by atoms with E-state index in [0.717, 1.165) is 23.1 Å². The number of aryl methyl sites for hydroxylation is 1.